The Morgan fingerprint density at radius 3 is 2.48 bits per heavy atom. The number of fused-ring (bicyclic) bond motifs is 1. The largest absolute Gasteiger partial charge is 0.495 e. The van der Waals surface area contributed by atoms with Gasteiger partial charge in [-0.25, -0.2) is 4.98 Å². The van der Waals surface area contributed by atoms with Crippen molar-refractivity contribution < 1.29 is 14.3 Å². The predicted molar refractivity (Wildman–Crippen MR) is 112 cm³/mol. The highest BCUT2D eigenvalue weighted by Crippen LogP contribution is 2.40. The number of carbonyl (C=O) groups is 1. The minimum absolute atomic E-state index is 0.0382. The van der Waals surface area contributed by atoms with E-state index < -0.39 is 0 Å². The summed E-state index contributed by atoms with van der Waals surface area (Å²) in [6.07, 6.45) is 0.370. The zero-order valence-electron chi connectivity index (χ0n) is 15.9. The van der Waals surface area contributed by atoms with Crippen molar-refractivity contribution in [1.29, 1.82) is 0 Å². The van der Waals surface area contributed by atoms with E-state index in [4.69, 9.17) is 14.5 Å². The molecule has 0 saturated heterocycles. The maximum atomic E-state index is 13.0. The Morgan fingerprint density at radius 2 is 1.85 bits per heavy atom. The highest BCUT2D eigenvalue weighted by atomic mass is 32.1. The number of rotatable bonds is 8. The summed E-state index contributed by atoms with van der Waals surface area (Å²) < 4.78 is 11.8. The molecule has 27 heavy (non-hydrogen) atoms. The van der Waals surface area contributed by atoms with E-state index in [1.807, 2.05) is 43.7 Å². The number of aromatic nitrogens is 1. The van der Waals surface area contributed by atoms with Gasteiger partial charge in [0.1, 0.15) is 21.7 Å². The van der Waals surface area contributed by atoms with Gasteiger partial charge in [0.05, 0.1) is 20.6 Å². The van der Waals surface area contributed by atoms with Crippen molar-refractivity contribution in [1.82, 2.24) is 9.88 Å². The molecule has 8 heteroatoms. The average Bonchev–Trinajstić information content (AvgIpc) is 3.30. The van der Waals surface area contributed by atoms with Crippen LogP contribution < -0.4 is 14.4 Å². The topological polar surface area (TPSA) is 54.9 Å². The van der Waals surface area contributed by atoms with Crippen molar-refractivity contribution in [2.75, 3.05) is 46.3 Å². The molecule has 0 unspecified atom stereocenters. The molecule has 0 aliphatic rings. The fourth-order valence-electron chi connectivity index (χ4n) is 2.67. The van der Waals surface area contributed by atoms with Crippen molar-refractivity contribution in [3.63, 3.8) is 0 Å². The number of ether oxygens (including phenoxy) is 2. The van der Waals surface area contributed by atoms with Crippen LogP contribution in [0.25, 0.3) is 10.2 Å². The van der Waals surface area contributed by atoms with Gasteiger partial charge in [-0.05, 0) is 37.7 Å². The van der Waals surface area contributed by atoms with Gasteiger partial charge in [-0.3, -0.25) is 9.69 Å². The Bertz CT molecular complexity index is 865. The minimum atomic E-state index is 0.0382. The first-order valence-electron chi connectivity index (χ1n) is 8.52. The highest BCUT2D eigenvalue weighted by Gasteiger charge is 2.23. The lowest BCUT2D eigenvalue weighted by molar-refractivity contribution is -0.118. The lowest BCUT2D eigenvalue weighted by Crippen LogP contribution is -2.37. The first-order chi connectivity index (χ1) is 13.0. The predicted octanol–water partition coefficient (Wildman–Crippen LogP) is 3.51. The Morgan fingerprint density at radius 1 is 1.11 bits per heavy atom. The van der Waals surface area contributed by atoms with Crippen LogP contribution in [0.3, 0.4) is 0 Å². The molecule has 0 saturated carbocycles. The third-order valence-electron chi connectivity index (χ3n) is 4.11. The third kappa shape index (κ3) is 4.40. The molecular weight excluding hydrogens is 382 g/mol. The van der Waals surface area contributed by atoms with E-state index in [0.717, 1.165) is 27.4 Å². The summed E-state index contributed by atoms with van der Waals surface area (Å²) in [6, 6.07) is 7.64. The number of amides is 1. The molecule has 0 spiro atoms. The quantitative estimate of drug-likeness (QED) is 0.574. The van der Waals surface area contributed by atoms with Crippen LogP contribution >= 0.6 is 22.7 Å². The van der Waals surface area contributed by atoms with Crippen LogP contribution in [-0.2, 0) is 11.2 Å². The SMILES string of the molecule is COc1ccc(OC)c2sc(N(CCN(C)C)C(=O)Cc3cccs3)nc12. The monoisotopic (exact) mass is 405 g/mol. The van der Waals surface area contributed by atoms with E-state index in [2.05, 4.69) is 4.90 Å². The maximum absolute atomic E-state index is 13.0. The van der Waals surface area contributed by atoms with Gasteiger partial charge in [-0.1, -0.05) is 17.4 Å². The van der Waals surface area contributed by atoms with Crippen molar-refractivity contribution >= 4 is 43.9 Å². The first kappa shape index (κ1) is 19.6. The molecule has 0 bridgehead atoms. The number of nitrogens with zero attached hydrogens (tertiary/aromatic N) is 3. The number of anilines is 1. The molecule has 3 aromatic rings. The Labute approximate surface area is 166 Å². The summed E-state index contributed by atoms with van der Waals surface area (Å²) in [7, 11) is 7.23. The van der Waals surface area contributed by atoms with E-state index in [-0.39, 0.29) is 5.91 Å². The number of carbonyl (C=O) groups excluding carboxylic acids is 1. The van der Waals surface area contributed by atoms with E-state index in [1.165, 1.54) is 11.3 Å². The Balaban J connectivity index is 1.98. The molecule has 2 heterocycles. The number of thiophene rings is 1. The van der Waals surface area contributed by atoms with E-state index in [0.29, 0.717) is 23.8 Å². The molecule has 0 aliphatic carbocycles. The molecule has 0 atom stereocenters. The lowest BCUT2D eigenvalue weighted by Gasteiger charge is -2.21. The molecule has 0 N–H and O–H groups in total. The molecule has 6 nitrogen and oxygen atoms in total. The van der Waals surface area contributed by atoms with E-state index in [9.17, 15) is 4.79 Å². The smallest absolute Gasteiger partial charge is 0.234 e. The van der Waals surface area contributed by atoms with Crippen molar-refractivity contribution in [2.45, 2.75) is 6.42 Å². The van der Waals surface area contributed by atoms with Gasteiger partial charge in [0.25, 0.3) is 0 Å². The van der Waals surface area contributed by atoms with Crippen LogP contribution in [0, 0.1) is 0 Å². The second-order valence-electron chi connectivity index (χ2n) is 6.25. The molecule has 0 fully saturated rings. The molecule has 1 amide bonds. The Hall–Kier alpha value is -2.16. The zero-order chi connectivity index (χ0) is 19.4. The molecule has 3 rings (SSSR count). The summed E-state index contributed by atoms with van der Waals surface area (Å²) in [5, 5.41) is 2.65. The van der Waals surface area contributed by atoms with E-state index in [1.54, 1.807) is 30.5 Å². The number of likely N-dealkylation sites (N-methyl/N-ethyl adjacent to an activating group) is 1. The van der Waals surface area contributed by atoms with Crippen LogP contribution in [0.1, 0.15) is 4.88 Å². The second kappa shape index (κ2) is 8.69. The zero-order valence-corrected chi connectivity index (χ0v) is 17.5. The van der Waals surface area contributed by atoms with Gasteiger partial charge in [0.15, 0.2) is 5.13 Å². The highest BCUT2D eigenvalue weighted by molar-refractivity contribution is 7.22. The molecule has 1 aromatic carbocycles. The molecule has 2 aromatic heterocycles. The second-order valence-corrected chi connectivity index (χ2v) is 8.26. The Kier molecular flexibility index (Phi) is 6.30. The van der Waals surface area contributed by atoms with Gasteiger partial charge in [-0.2, -0.15) is 0 Å². The number of thiazole rings is 1. The van der Waals surface area contributed by atoms with Crippen LogP contribution in [0.2, 0.25) is 0 Å². The number of methoxy groups -OCH3 is 2. The van der Waals surface area contributed by atoms with Crippen LogP contribution in [0.5, 0.6) is 11.5 Å². The van der Waals surface area contributed by atoms with Crippen LogP contribution in [-0.4, -0.2) is 57.2 Å². The summed E-state index contributed by atoms with van der Waals surface area (Å²) in [5.74, 6) is 1.44. The third-order valence-corrected chi connectivity index (χ3v) is 6.08. The maximum Gasteiger partial charge on any atom is 0.234 e. The van der Waals surface area contributed by atoms with Gasteiger partial charge in [0, 0.05) is 18.0 Å². The summed E-state index contributed by atoms with van der Waals surface area (Å²) >= 11 is 3.04. The van der Waals surface area contributed by atoms with Gasteiger partial charge >= 0.3 is 0 Å². The van der Waals surface area contributed by atoms with E-state index >= 15 is 0 Å². The lowest BCUT2D eigenvalue weighted by atomic mass is 10.3. The van der Waals surface area contributed by atoms with Crippen molar-refractivity contribution in [3.8, 4) is 11.5 Å². The van der Waals surface area contributed by atoms with Crippen LogP contribution in [0.15, 0.2) is 29.6 Å². The standard InChI is InChI=1S/C19H23N3O3S2/c1-21(2)9-10-22(16(23)12-13-6-5-11-26-13)19-20-17-14(24-3)7-8-15(25-4)18(17)27-19/h5-8,11H,9-10,12H2,1-4H3. The van der Waals surface area contributed by atoms with Gasteiger partial charge in [-0.15, -0.1) is 11.3 Å². The van der Waals surface area contributed by atoms with Gasteiger partial charge < -0.3 is 14.4 Å². The number of benzene rings is 1. The molecular formula is C19H23N3O3S2. The molecule has 0 aliphatic heterocycles. The summed E-state index contributed by atoms with van der Waals surface area (Å²) in [6.45, 7) is 1.32. The average molecular weight is 406 g/mol. The fraction of sp³-hybridized carbons (Fsp3) is 0.368. The summed E-state index contributed by atoms with van der Waals surface area (Å²) in [5.41, 5.74) is 0.718. The molecule has 144 valence electrons. The fourth-order valence-corrected chi connectivity index (χ4v) is 4.49. The van der Waals surface area contributed by atoms with Gasteiger partial charge in [0.2, 0.25) is 5.91 Å². The summed E-state index contributed by atoms with van der Waals surface area (Å²) in [4.78, 5) is 22.6. The van der Waals surface area contributed by atoms with Crippen LogP contribution in [0.4, 0.5) is 5.13 Å². The normalized spacial score (nSPS) is 11.1. The number of hydrogen-bond donors (Lipinski definition) is 0. The first-order valence-corrected chi connectivity index (χ1v) is 10.2. The molecule has 0 radical (unpaired) electrons. The van der Waals surface area contributed by atoms with Crippen molar-refractivity contribution in [2.24, 2.45) is 0 Å². The number of hydrogen-bond acceptors (Lipinski definition) is 7. The van der Waals surface area contributed by atoms with Crippen molar-refractivity contribution in [3.05, 3.63) is 34.5 Å². The minimum Gasteiger partial charge on any atom is -0.495 e.